The molecule has 1 unspecified atom stereocenters. The second-order valence-corrected chi connectivity index (χ2v) is 7.05. The molecule has 2 N–H and O–H groups in total. The van der Waals surface area contributed by atoms with Gasteiger partial charge in [0.05, 0.1) is 0 Å². The highest BCUT2D eigenvalue weighted by atomic mass is 16.1. The Bertz CT molecular complexity index is 704. The fraction of sp³-hybridized carbons (Fsp3) is 0.409. The quantitative estimate of drug-likeness (QED) is 0.590. The normalized spacial score (nSPS) is 14.5. The molecular formula is C22H28N2O. The van der Waals surface area contributed by atoms with Crippen molar-refractivity contribution in [3.05, 3.63) is 53.1 Å². The highest BCUT2D eigenvalue weighted by Crippen LogP contribution is 2.26. The predicted octanol–water partition coefficient (Wildman–Crippen LogP) is 3.63. The maximum atomic E-state index is 10.4. The predicted molar refractivity (Wildman–Crippen MR) is 105 cm³/mol. The van der Waals surface area contributed by atoms with Crippen molar-refractivity contribution in [1.82, 2.24) is 10.6 Å². The van der Waals surface area contributed by atoms with Gasteiger partial charge in [0.15, 0.2) is 0 Å². The van der Waals surface area contributed by atoms with Gasteiger partial charge in [-0.1, -0.05) is 48.3 Å². The van der Waals surface area contributed by atoms with Crippen molar-refractivity contribution in [3.63, 3.8) is 0 Å². The van der Waals surface area contributed by atoms with Crippen LogP contribution in [0.25, 0.3) is 6.08 Å². The highest BCUT2D eigenvalue weighted by molar-refractivity contribution is 5.61. The molecule has 25 heavy (non-hydrogen) atoms. The van der Waals surface area contributed by atoms with Gasteiger partial charge in [-0.3, -0.25) is 4.79 Å². The summed E-state index contributed by atoms with van der Waals surface area (Å²) in [5, 5.41) is 6.21. The molecule has 0 saturated heterocycles. The number of benzene rings is 1. The SMILES string of the molecule is CC(NC/C=C/C#CC(C)(C)CNC=O)c1cccc2c1C=CCC2. The minimum absolute atomic E-state index is 0.221. The fourth-order valence-corrected chi connectivity index (χ4v) is 2.92. The third-order valence-electron chi connectivity index (χ3n) is 4.34. The number of hydrogen-bond acceptors (Lipinski definition) is 2. The van der Waals surface area contributed by atoms with Crippen LogP contribution in [0.3, 0.4) is 0 Å². The van der Waals surface area contributed by atoms with Crippen molar-refractivity contribution in [2.45, 2.75) is 39.7 Å². The Morgan fingerprint density at radius 1 is 1.36 bits per heavy atom. The van der Waals surface area contributed by atoms with Crippen molar-refractivity contribution in [2.75, 3.05) is 13.1 Å². The first-order valence-corrected chi connectivity index (χ1v) is 8.90. The topological polar surface area (TPSA) is 41.1 Å². The smallest absolute Gasteiger partial charge is 0.207 e. The van der Waals surface area contributed by atoms with Crippen molar-refractivity contribution >= 4 is 12.5 Å². The summed E-state index contributed by atoms with van der Waals surface area (Å²) in [5.74, 6) is 6.22. The van der Waals surface area contributed by atoms with Crippen molar-refractivity contribution in [3.8, 4) is 11.8 Å². The van der Waals surface area contributed by atoms with E-state index in [0.29, 0.717) is 19.0 Å². The van der Waals surface area contributed by atoms with E-state index in [9.17, 15) is 4.79 Å². The summed E-state index contributed by atoms with van der Waals surface area (Å²) in [5.41, 5.74) is 3.96. The third-order valence-corrected chi connectivity index (χ3v) is 4.34. The molecule has 1 aliphatic rings. The summed E-state index contributed by atoms with van der Waals surface area (Å²) in [6, 6.07) is 6.88. The molecule has 3 nitrogen and oxygen atoms in total. The van der Waals surface area contributed by atoms with E-state index in [0.717, 1.165) is 19.4 Å². The minimum Gasteiger partial charge on any atom is -0.357 e. The molecule has 0 fully saturated rings. The lowest BCUT2D eigenvalue weighted by molar-refractivity contribution is -0.109. The van der Waals surface area contributed by atoms with Crippen LogP contribution in [0.2, 0.25) is 0 Å². The van der Waals surface area contributed by atoms with Crippen LogP contribution in [0.15, 0.2) is 36.4 Å². The number of rotatable bonds is 7. The molecule has 1 atom stereocenters. The molecule has 1 aromatic carbocycles. The molecule has 2 rings (SSSR count). The summed E-state index contributed by atoms with van der Waals surface area (Å²) in [6.07, 6.45) is 11.4. The number of allylic oxidation sites excluding steroid dienone is 2. The van der Waals surface area contributed by atoms with Gasteiger partial charge in [-0.15, -0.1) is 0 Å². The molecule has 132 valence electrons. The number of hydrogen-bond donors (Lipinski definition) is 2. The Morgan fingerprint density at radius 2 is 2.20 bits per heavy atom. The molecule has 0 radical (unpaired) electrons. The van der Waals surface area contributed by atoms with Crippen LogP contribution in [0.5, 0.6) is 0 Å². The molecule has 0 aromatic heterocycles. The van der Waals surface area contributed by atoms with Crippen LogP contribution in [0, 0.1) is 17.3 Å². The van der Waals surface area contributed by atoms with Crippen LogP contribution in [-0.4, -0.2) is 19.5 Å². The lowest BCUT2D eigenvalue weighted by atomic mass is 9.90. The van der Waals surface area contributed by atoms with Gasteiger partial charge < -0.3 is 10.6 Å². The summed E-state index contributed by atoms with van der Waals surface area (Å²) < 4.78 is 0. The number of carbonyl (C=O) groups excluding carboxylic acids is 1. The first-order valence-electron chi connectivity index (χ1n) is 8.90. The fourth-order valence-electron chi connectivity index (χ4n) is 2.92. The third kappa shape index (κ3) is 5.92. The first kappa shape index (κ1) is 19.0. The number of carbonyl (C=O) groups is 1. The Hall–Kier alpha value is -2.31. The van der Waals surface area contributed by atoms with Gasteiger partial charge in [0.2, 0.25) is 6.41 Å². The average Bonchev–Trinajstić information content (AvgIpc) is 2.62. The van der Waals surface area contributed by atoms with E-state index in [4.69, 9.17) is 0 Å². The molecular weight excluding hydrogens is 308 g/mol. The zero-order valence-electron chi connectivity index (χ0n) is 15.4. The van der Waals surface area contributed by atoms with Crippen molar-refractivity contribution in [2.24, 2.45) is 5.41 Å². The van der Waals surface area contributed by atoms with Gasteiger partial charge in [-0.05, 0) is 56.4 Å². The monoisotopic (exact) mass is 336 g/mol. The number of nitrogens with one attached hydrogen (secondary N) is 2. The van der Waals surface area contributed by atoms with Crippen LogP contribution >= 0.6 is 0 Å². The second-order valence-electron chi connectivity index (χ2n) is 7.05. The maximum Gasteiger partial charge on any atom is 0.207 e. The largest absolute Gasteiger partial charge is 0.357 e. The molecule has 1 aliphatic carbocycles. The van der Waals surface area contributed by atoms with Crippen LogP contribution in [-0.2, 0) is 11.2 Å². The molecule has 0 saturated carbocycles. The number of amides is 1. The minimum atomic E-state index is -0.221. The standard InChI is InChI=1S/C22H28N2O/c1-18(20-13-9-11-19-10-5-6-12-21(19)20)24-15-8-4-7-14-22(2,3)16-23-17-25/h4,6,8-9,11-13,17-18,24H,5,10,15-16H2,1-3H3,(H,23,25)/b8-4+. The van der Waals surface area contributed by atoms with Gasteiger partial charge in [-0.2, -0.15) is 0 Å². The van der Waals surface area contributed by atoms with E-state index in [1.54, 1.807) is 0 Å². The lowest BCUT2D eigenvalue weighted by Gasteiger charge is -2.20. The van der Waals surface area contributed by atoms with E-state index >= 15 is 0 Å². The Morgan fingerprint density at radius 3 is 3.00 bits per heavy atom. The van der Waals surface area contributed by atoms with Gasteiger partial charge in [-0.25, -0.2) is 0 Å². The van der Waals surface area contributed by atoms with Gasteiger partial charge in [0.25, 0.3) is 0 Å². The number of aryl methyl sites for hydroxylation is 1. The molecule has 0 bridgehead atoms. The number of fused-ring (bicyclic) bond motifs is 1. The Kier molecular flexibility index (Phi) is 7.03. The molecule has 0 spiro atoms. The van der Waals surface area contributed by atoms with E-state index in [-0.39, 0.29) is 5.41 Å². The van der Waals surface area contributed by atoms with E-state index < -0.39 is 0 Å². The van der Waals surface area contributed by atoms with E-state index in [2.05, 4.69) is 59.7 Å². The average molecular weight is 336 g/mol. The molecule has 1 aromatic rings. The Balaban J connectivity index is 1.87. The molecule has 0 aliphatic heterocycles. The first-order chi connectivity index (χ1) is 12.0. The highest BCUT2D eigenvalue weighted by Gasteiger charge is 2.13. The summed E-state index contributed by atoms with van der Waals surface area (Å²) in [6.45, 7) is 7.55. The van der Waals surface area contributed by atoms with Crippen LogP contribution in [0.4, 0.5) is 0 Å². The van der Waals surface area contributed by atoms with Crippen molar-refractivity contribution < 1.29 is 4.79 Å². The van der Waals surface area contributed by atoms with Gasteiger partial charge in [0, 0.05) is 24.5 Å². The second kappa shape index (κ2) is 9.25. The molecule has 1 amide bonds. The maximum absolute atomic E-state index is 10.4. The summed E-state index contributed by atoms with van der Waals surface area (Å²) in [4.78, 5) is 10.4. The molecule has 3 heteroatoms. The van der Waals surface area contributed by atoms with Crippen LogP contribution < -0.4 is 10.6 Å². The Labute approximate surface area is 151 Å². The van der Waals surface area contributed by atoms with Gasteiger partial charge >= 0.3 is 0 Å². The zero-order valence-corrected chi connectivity index (χ0v) is 15.4. The van der Waals surface area contributed by atoms with Crippen LogP contribution in [0.1, 0.15) is 49.9 Å². The van der Waals surface area contributed by atoms with Gasteiger partial charge in [0.1, 0.15) is 0 Å². The zero-order chi connectivity index (χ0) is 18.1. The molecule has 0 heterocycles. The van der Waals surface area contributed by atoms with Crippen molar-refractivity contribution in [1.29, 1.82) is 0 Å². The summed E-state index contributed by atoms with van der Waals surface area (Å²) in [7, 11) is 0. The van der Waals surface area contributed by atoms with E-state index in [1.807, 2.05) is 26.0 Å². The lowest BCUT2D eigenvalue weighted by Crippen LogP contribution is -2.26. The van der Waals surface area contributed by atoms with E-state index in [1.165, 1.54) is 16.7 Å². The summed E-state index contributed by atoms with van der Waals surface area (Å²) >= 11 is 0.